The minimum atomic E-state index is -4.71. The molecule has 0 rings (SSSR count). The first-order chi connectivity index (χ1) is 28.1. The van der Waals surface area contributed by atoms with E-state index in [2.05, 4.69) is 18.4 Å². The van der Waals surface area contributed by atoms with Gasteiger partial charge in [0.1, 0.15) is 12.6 Å². The molecule has 12 heteroatoms. The third-order valence-electron chi connectivity index (χ3n) is 10.9. The zero-order valence-electron chi connectivity index (χ0n) is 37.4. The highest BCUT2D eigenvalue weighted by Crippen LogP contribution is 2.43. The Morgan fingerprint density at radius 3 is 1.09 bits per heavy atom. The van der Waals surface area contributed by atoms with E-state index in [1.807, 2.05) is 0 Å². The monoisotopic (exact) mass is 848 g/mol. The minimum absolute atomic E-state index is 0.170. The van der Waals surface area contributed by atoms with E-state index in [0.29, 0.717) is 12.8 Å². The number of esters is 2. The van der Waals surface area contributed by atoms with Crippen molar-refractivity contribution in [3.8, 4) is 0 Å². The Labute approximate surface area is 355 Å². The van der Waals surface area contributed by atoms with Crippen LogP contribution in [0.4, 0.5) is 0 Å². The number of nitrogens with two attached hydrogens (primary N) is 1. The second kappa shape index (κ2) is 42.2. The molecule has 4 N–H and O–H groups in total. The predicted octanol–water partition coefficient (Wildman–Crippen LogP) is 13.1. The van der Waals surface area contributed by atoms with Crippen molar-refractivity contribution < 1.29 is 47.5 Å². The number of phosphoric acid groups is 1. The molecule has 0 aliphatic carbocycles. The highest BCUT2D eigenvalue weighted by molar-refractivity contribution is 7.47. The van der Waals surface area contributed by atoms with Gasteiger partial charge in [0.2, 0.25) is 0 Å². The van der Waals surface area contributed by atoms with Crippen LogP contribution in [0.5, 0.6) is 0 Å². The number of carbonyl (C=O) groups is 3. The van der Waals surface area contributed by atoms with Crippen LogP contribution < -0.4 is 5.73 Å². The lowest BCUT2D eigenvalue weighted by Gasteiger charge is -2.20. The molecule has 0 aromatic carbocycles. The van der Waals surface area contributed by atoms with E-state index >= 15 is 0 Å². The molecule has 3 unspecified atom stereocenters. The summed E-state index contributed by atoms with van der Waals surface area (Å²) in [5.41, 5.74) is 5.34. The minimum Gasteiger partial charge on any atom is -0.480 e. The maximum absolute atomic E-state index is 12.7. The van der Waals surface area contributed by atoms with Crippen LogP contribution in [0.2, 0.25) is 0 Å². The van der Waals surface area contributed by atoms with Crippen LogP contribution in [0, 0.1) is 0 Å². The quantitative estimate of drug-likeness (QED) is 0.0302. The van der Waals surface area contributed by atoms with E-state index in [9.17, 15) is 23.8 Å². The molecule has 344 valence electrons. The lowest BCUT2D eigenvalue weighted by molar-refractivity contribution is -0.161. The van der Waals surface area contributed by atoms with Crippen molar-refractivity contribution in [2.45, 2.75) is 257 Å². The van der Waals surface area contributed by atoms with Gasteiger partial charge in [0.15, 0.2) is 6.10 Å². The first kappa shape index (κ1) is 56.5. The zero-order chi connectivity index (χ0) is 42.8. The largest absolute Gasteiger partial charge is 0.480 e. The Kier molecular flexibility index (Phi) is 41.1. The Bertz CT molecular complexity index is 1000. The van der Waals surface area contributed by atoms with Crippen molar-refractivity contribution in [1.82, 2.24) is 0 Å². The van der Waals surface area contributed by atoms with Crippen LogP contribution in [-0.4, -0.2) is 59.9 Å². The number of carbonyl (C=O) groups excluding carboxylic acids is 2. The van der Waals surface area contributed by atoms with Crippen molar-refractivity contribution in [1.29, 1.82) is 0 Å². The summed E-state index contributed by atoms with van der Waals surface area (Å²) in [6.07, 6.45) is 41.7. The number of hydrogen-bond acceptors (Lipinski definition) is 9. The second-order valence-corrected chi connectivity index (χ2v) is 18.1. The summed E-state index contributed by atoms with van der Waals surface area (Å²) in [6, 6.07) is -1.52. The van der Waals surface area contributed by atoms with Crippen molar-refractivity contribution >= 4 is 25.7 Å². The number of rotatable bonds is 46. The molecule has 0 saturated heterocycles. The van der Waals surface area contributed by atoms with Gasteiger partial charge in [0.25, 0.3) is 0 Å². The molecule has 0 bridgehead atoms. The highest BCUT2D eigenvalue weighted by Gasteiger charge is 2.28. The van der Waals surface area contributed by atoms with Crippen LogP contribution in [0.15, 0.2) is 0 Å². The van der Waals surface area contributed by atoms with Gasteiger partial charge >= 0.3 is 25.7 Å². The van der Waals surface area contributed by atoms with E-state index in [1.54, 1.807) is 0 Å². The van der Waals surface area contributed by atoms with Crippen molar-refractivity contribution in [3.05, 3.63) is 0 Å². The fourth-order valence-corrected chi connectivity index (χ4v) is 7.85. The van der Waals surface area contributed by atoms with Crippen LogP contribution in [0.1, 0.15) is 245 Å². The number of carboxylic acids is 1. The van der Waals surface area contributed by atoms with Crippen molar-refractivity contribution in [2.75, 3.05) is 19.8 Å². The van der Waals surface area contributed by atoms with Gasteiger partial charge in [0.05, 0.1) is 13.2 Å². The number of phosphoric ester groups is 1. The molecule has 3 atom stereocenters. The standard InChI is InChI=1S/C46H90NO10P/c1-3-5-7-9-11-13-15-17-18-19-20-21-22-23-24-26-28-30-32-34-36-38-45(49)57-42(40-55-58(52,53)56-41-43(47)46(50)51)39-54-44(48)37-35-33-31-29-27-25-16-14-12-10-8-6-4-2/h42-43H,3-41,47H2,1-2H3,(H,50,51)(H,52,53). The number of unbranched alkanes of at least 4 members (excludes halogenated alkanes) is 32. The summed E-state index contributed by atoms with van der Waals surface area (Å²) in [5.74, 6) is -2.35. The van der Waals surface area contributed by atoms with Gasteiger partial charge in [0, 0.05) is 12.8 Å². The van der Waals surface area contributed by atoms with Gasteiger partial charge in [-0.25, -0.2) is 4.57 Å². The van der Waals surface area contributed by atoms with Crippen LogP contribution in [-0.2, 0) is 37.5 Å². The van der Waals surface area contributed by atoms with E-state index in [0.717, 1.165) is 38.5 Å². The smallest absolute Gasteiger partial charge is 0.472 e. The Morgan fingerprint density at radius 2 is 0.759 bits per heavy atom. The van der Waals surface area contributed by atoms with Crippen molar-refractivity contribution in [3.63, 3.8) is 0 Å². The fraction of sp³-hybridized carbons (Fsp3) is 0.935. The topological polar surface area (TPSA) is 172 Å². The van der Waals surface area contributed by atoms with Gasteiger partial charge in [-0.15, -0.1) is 0 Å². The SMILES string of the molecule is CCCCCCCCCCCCCCCCCCCCCCCC(=O)OC(COC(=O)CCCCCCCCCCCCCCC)COP(=O)(O)OCC(N)C(=O)O. The van der Waals surface area contributed by atoms with Gasteiger partial charge in [-0.2, -0.15) is 0 Å². The lowest BCUT2D eigenvalue weighted by Crippen LogP contribution is -2.34. The molecular formula is C46H90NO10P. The van der Waals surface area contributed by atoms with E-state index in [4.69, 9.17) is 24.8 Å². The third kappa shape index (κ3) is 41.2. The van der Waals surface area contributed by atoms with Gasteiger partial charge in [-0.1, -0.05) is 219 Å². The second-order valence-electron chi connectivity index (χ2n) is 16.6. The maximum atomic E-state index is 12.7. The summed E-state index contributed by atoms with van der Waals surface area (Å²) in [7, 11) is -4.71. The van der Waals surface area contributed by atoms with Crippen LogP contribution in [0.3, 0.4) is 0 Å². The van der Waals surface area contributed by atoms with E-state index in [1.165, 1.54) is 167 Å². The van der Waals surface area contributed by atoms with Gasteiger partial charge in [-0.05, 0) is 12.8 Å². The first-order valence-electron chi connectivity index (χ1n) is 24.1. The van der Waals surface area contributed by atoms with Gasteiger partial charge in [-0.3, -0.25) is 23.4 Å². The molecule has 0 aromatic rings. The summed E-state index contributed by atoms with van der Waals surface area (Å²) in [4.78, 5) is 46.0. The van der Waals surface area contributed by atoms with Gasteiger partial charge < -0.3 is 25.2 Å². The number of carboxylic acid groups (broad SMARTS) is 1. The van der Waals surface area contributed by atoms with Crippen LogP contribution in [0.25, 0.3) is 0 Å². The molecule has 0 heterocycles. The first-order valence-corrected chi connectivity index (χ1v) is 25.6. The molecular weight excluding hydrogens is 757 g/mol. The number of hydrogen-bond donors (Lipinski definition) is 3. The summed E-state index contributed by atoms with van der Waals surface area (Å²) >= 11 is 0. The highest BCUT2D eigenvalue weighted by atomic mass is 31.2. The lowest BCUT2D eigenvalue weighted by atomic mass is 10.0. The molecule has 0 saturated carbocycles. The zero-order valence-corrected chi connectivity index (χ0v) is 38.3. The molecule has 58 heavy (non-hydrogen) atoms. The van der Waals surface area contributed by atoms with Crippen LogP contribution >= 0.6 is 7.82 Å². The number of aliphatic carboxylic acids is 1. The van der Waals surface area contributed by atoms with E-state index < -0.39 is 51.1 Å². The predicted molar refractivity (Wildman–Crippen MR) is 236 cm³/mol. The fourth-order valence-electron chi connectivity index (χ4n) is 7.07. The Morgan fingerprint density at radius 1 is 0.466 bits per heavy atom. The van der Waals surface area contributed by atoms with Crippen molar-refractivity contribution in [2.24, 2.45) is 5.73 Å². The summed E-state index contributed by atoms with van der Waals surface area (Å²) in [5, 5.41) is 8.90. The summed E-state index contributed by atoms with van der Waals surface area (Å²) < 4.78 is 32.8. The third-order valence-corrected chi connectivity index (χ3v) is 11.8. The molecule has 0 aromatic heterocycles. The molecule has 0 spiro atoms. The molecule has 0 aliphatic rings. The number of ether oxygens (including phenoxy) is 2. The molecule has 11 nitrogen and oxygen atoms in total. The molecule has 0 radical (unpaired) electrons. The molecule has 0 fully saturated rings. The normalized spacial score (nSPS) is 13.6. The Hall–Kier alpha value is -1.52. The average molecular weight is 848 g/mol. The maximum Gasteiger partial charge on any atom is 0.472 e. The molecule has 0 amide bonds. The molecule has 0 aliphatic heterocycles. The average Bonchev–Trinajstić information content (AvgIpc) is 3.20. The Balaban J connectivity index is 4.20. The summed E-state index contributed by atoms with van der Waals surface area (Å²) in [6.45, 7) is 2.85. The van der Waals surface area contributed by atoms with E-state index in [-0.39, 0.29) is 19.4 Å².